The van der Waals surface area contributed by atoms with Crippen molar-refractivity contribution in [3.63, 3.8) is 0 Å². The van der Waals surface area contributed by atoms with Crippen molar-refractivity contribution in [2.24, 2.45) is 0 Å². The maximum absolute atomic E-state index is 12.8. The van der Waals surface area contributed by atoms with E-state index in [9.17, 15) is 18.0 Å². The van der Waals surface area contributed by atoms with Crippen LogP contribution in [-0.2, 0) is 14.3 Å². The number of carboxylic acid groups (broad SMARTS) is 1. The molecular weight excluding hydrogens is 405 g/mol. The van der Waals surface area contributed by atoms with Crippen molar-refractivity contribution in [3.05, 3.63) is 36.0 Å². The van der Waals surface area contributed by atoms with Crippen LogP contribution in [0.1, 0.15) is 32.1 Å². The lowest BCUT2D eigenvalue weighted by Gasteiger charge is -2.39. The number of rotatable bonds is 3. The summed E-state index contributed by atoms with van der Waals surface area (Å²) >= 11 is 0. The number of allylic oxidation sites excluding steroid dienone is 1. The van der Waals surface area contributed by atoms with Gasteiger partial charge in [0, 0.05) is 24.4 Å². The van der Waals surface area contributed by atoms with Gasteiger partial charge in [-0.05, 0) is 38.2 Å². The summed E-state index contributed by atoms with van der Waals surface area (Å²) in [4.78, 5) is 27.9. The molecule has 1 amide bonds. The van der Waals surface area contributed by atoms with Crippen LogP contribution in [0.3, 0.4) is 0 Å². The van der Waals surface area contributed by atoms with Crippen molar-refractivity contribution in [3.8, 4) is 5.88 Å². The number of aromatic nitrogens is 1. The Balaban J connectivity index is 0.000000318. The number of hydrogen-bond acceptors (Lipinski definition) is 5. The molecule has 0 bridgehead atoms. The number of halogens is 3. The SMILES string of the molecule is O=C(C1=CCCC1)N1CCO[C@H]2[C@@H](Oc3ccccn3)CC[C@@H]21.O=C(O)C(F)(F)F. The summed E-state index contributed by atoms with van der Waals surface area (Å²) in [5.74, 6) is -1.92. The van der Waals surface area contributed by atoms with E-state index in [0.29, 0.717) is 19.0 Å². The Kier molecular flexibility index (Phi) is 6.96. The minimum absolute atomic E-state index is 0.0249. The summed E-state index contributed by atoms with van der Waals surface area (Å²) in [7, 11) is 0. The smallest absolute Gasteiger partial charge is 0.475 e. The Hall–Kier alpha value is -2.62. The van der Waals surface area contributed by atoms with E-state index >= 15 is 0 Å². The van der Waals surface area contributed by atoms with Crippen molar-refractivity contribution >= 4 is 11.9 Å². The fourth-order valence-corrected chi connectivity index (χ4v) is 3.92. The van der Waals surface area contributed by atoms with E-state index in [1.54, 1.807) is 6.20 Å². The number of alkyl halides is 3. The zero-order chi connectivity index (χ0) is 21.7. The number of fused-ring (bicyclic) bond motifs is 1. The molecule has 1 aromatic heterocycles. The van der Waals surface area contributed by atoms with Crippen molar-refractivity contribution in [1.29, 1.82) is 0 Å². The third kappa shape index (κ3) is 5.29. The van der Waals surface area contributed by atoms with Crippen LogP contribution in [0, 0.1) is 0 Å². The predicted octanol–water partition coefficient (Wildman–Crippen LogP) is 2.96. The Morgan fingerprint density at radius 2 is 2.03 bits per heavy atom. The van der Waals surface area contributed by atoms with E-state index in [4.69, 9.17) is 19.4 Å². The van der Waals surface area contributed by atoms with Gasteiger partial charge in [-0.2, -0.15) is 13.2 Å². The first-order chi connectivity index (χ1) is 14.3. The molecule has 2 fully saturated rings. The molecule has 1 aliphatic heterocycles. The van der Waals surface area contributed by atoms with Crippen LogP contribution in [0.15, 0.2) is 36.0 Å². The Labute approximate surface area is 171 Å². The Morgan fingerprint density at radius 1 is 1.27 bits per heavy atom. The summed E-state index contributed by atoms with van der Waals surface area (Å²) in [5.41, 5.74) is 0.986. The van der Waals surface area contributed by atoms with Crippen LogP contribution in [0.25, 0.3) is 0 Å². The molecule has 164 valence electrons. The van der Waals surface area contributed by atoms with Crippen LogP contribution in [0.2, 0.25) is 0 Å². The molecule has 0 radical (unpaired) electrons. The molecule has 10 heteroatoms. The van der Waals surface area contributed by atoms with E-state index in [1.165, 1.54) is 0 Å². The third-order valence-corrected chi connectivity index (χ3v) is 5.26. The number of amides is 1. The highest BCUT2D eigenvalue weighted by Gasteiger charge is 2.46. The lowest BCUT2D eigenvalue weighted by molar-refractivity contribution is -0.192. The number of hydrogen-bond donors (Lipinski definition) is 1. The molecular formula is C20H23F3N2O5. The highest BCUT2D eigenvalue weighted by Crippen LogP contribution is 2.34. The first-order valence-electron chi connectivity index (χ1n) is 9.77. The summed E-state index contributed by atoms with van der Waals surface area (Å²) < 4.78 is 43.7. The van der Waals surface area contributed by atoms with Crippen LogP contribution in [0.4, 0.5) is 13.2 Å². The van der Waals surface area contributed by atoms with Crippen LogP contribution in [-0.4, -0.2) is 64.4 Å². The maximum atomic E-state index is 12.8. The lowest BCUT2D eigenvalue weighted by Crippen LogP contribution is -2.54. The average molecular weight is 428 g/mol. The molecule has 0 aromatic carbocycles. The van der Waals surface area contributed by atoms with Gasteiger partial charge in [0.15, 0.2) is 0 Å². The monoisotopic (exact) mass is 428 g/mol. The largest absolute Gasteiger partial charge is 0.490 e. The van der Waals surface area contributed by atoms with E-state index in [-0.39, 0.29) is 24.2 Å². The molecule has 3 aliphatic rings. The van der Waals surface area contributed by atoms with Gasteiger partial charge in [-0.25, -0.2) is 9.78 Å². The summed E-state index contributed by atoms with van der Waals surface area (Å²) in [6, 6.07) is 5.78. The summed E-state index contributed by atoms with van der Waals surface area (Å²) in [6.07, 6.45) is 3.56. The molecule has 0 unspecified atom stereocenters. The molecule has 2 heterocycles. The molecule has 0 spiro atoms. The van der Waals surface area contributed by atoms with Crippen molar-refractivity contribution in [2.45, 2.75) is 56.5 Å². The zero-order valence-electron chi connectivity index (χ0n) is 16.2. The Bertz CT molecular complexity index is 784. The third-order valence-electron chi connectivity index (χ3n) is 5.26. The number of carboxylic acids is 1. The number of carbonyl (C=O) groups is 2. The molecule has 1 N–H and O–H groups in total. The van der Waals surface area contributed by atoms with Gasteiger partial charge in [0.25, 0.3) is 0 Å². The standard InChI is InChI=1S/C18H22N2O3.C2HF3O2/c21-18(13-5-1-2-6-13)20-11-12-22-17-14(20)8-9-15(17)23-16-7-3-4-10-19-16;3-2(4,5)1(6)7/h3-5,7,10,14-15,17H,1-2,6,8-9,11-12H2;(H,6,7)/t14-,15-,17+;/m0./s1. The van der Waals surface area contributed by atoms with Crippen LogP contribution in [0.5, 0.6) is 5.88 Å². The lowest BCUT2D eigenvalue weighted by atomic mass is 10.1. The van der Waals surface area contributed by atoms with E-state index < -0.39 is 12.1 Å². The summed E-state index contributed by atoms with van der Waals surface area (Å²) in [6.45, 7) is 1.27. The number of nitrogens with zero attached hydrogens (tertiary/aromatic N) is 2. The average Bonchev–Trinajstić information content (AvgIpc) is 3.38. The zero-order valence-corrected chi connectivity index (χ0v) is 16.2. The second-order valence-corrected chi connectivity index (χ2v) is 7.23. The second-order valence-electron chi connectivity index (χ2n) is 7.23. The highest BCUT2D eigenvalue weighted by molar-refractivity contribution is 5.94. The number of ether oxygens (including phenoxy) is 2. The number of carbonyl (C=O) groups excluding carboxylic acids is 1. The normalized spacial score (nSPS) is 25.6. The van der Waals surface area contributed by atoms with Gasteiger partial charge >= 0.3 is 12.1 Å². The minimum Gasteiger partial charge on any atom is -0.475 e. The van der Waals surface area contributed by atoms with Gasteiger partial charge < -0.3 is 19.5 Å². The molecule has 1 saturated carbocycles. The minimum atomic E-state index is -5.08. The van der Waals surface area contributed by atoms with Gasteiger partial charge in [0.1, 0.15) is 12.2 Å². The number of pyridine rings is 1. The van der Waals surface area contributed by atoms with Crippen molar-refractivity contribution < 1.29 is 37.3 Å². The second kappa shape index (κ2) is 9.46. The quantitative estimate of drug-likeness (QED) is 0.796. The highest BCUT2D eigenvalue weighted by atomic mass is 19.4. The fourth-order valence-electron chi connectivity index (χ4n) is 3.92. The molecule has 1 saturated heterocycles. The van der Waals surface area contributed by atoms with Gasteiger partial charge in [-0.1, -0.05) is 12.1 Å². The fraction of sp³-hybridized carbons (Fsp3) is 0.550. The first-order valence-corrected chi connectivity index (χ1v) is 9.77. The molecule has 30 heavy (non-hydrogen) atoms. The van der Waals surface area contributed by atoms with Gasteiger partial charge in [0.05, 0.1) is 12.6 Å². The number of aliphatic carboxylic acids is 1. The molecule has 4 rings (SSSR count). The van der Waals surface area contributed by atoms with Gasteiger partial charge in [-0.15, -0.1) is 0 Å². The van der Waals surface area contributed by atoms with Crippen LogP contribution >= 0.6 is 0 Å². The van der Waals surface area contributed by atoms with E-state index in [2.05, 4.69) is 11.1 Å². The topological polar surface area (TPSA) is 89.0 Å². The predicted molar refractivity (Wildman–Crippen MR) is 98.8 cm³/mol. The van der Waals surface area contributed by atoms with Crippen molar-refractivity contribution in [1.82, 2.24) is 9.88 Å². The Morgan fingerprint density at radius 3 is 2.63 bits per heavy atom. The first kappa shape index (κ1) is 22.1. The van der Waals surface area contributed by atoms with Crippen LogP contribution < -0.4 is 4.74 Å². The number of morpholine rings is 1. The molecule has 3 atom stereocenters. The molecule has 2 aliphatic carbocycles. The van der Waals surface area contributed by atoms with Gasteiger partial charge in [-0.3, -0.25) is 4.79 Å². The van der Waals surface area contributed by atoms with E-state index in [0.717, 1.165) is 37.7 Å². The van der Waals surface area contributed by atoms with Gasteiger partial charge in [0.2, 0.25) is 11.8 Å². The molecule has 1 aromatic rings. The van der Waals surface area contributed by atoms with Crippen molar-refractivity contribution in [2.75, 3.05) is 13.2 Å². The van der Waals surface area contributed by atoms with E-state index in [1.807, 2.05) is 23.1 Å². The summed E-state index contributed by atoms with van der Waals surface area (Å²) in [5, 5.41) is 7.12. The molecule has 7 nitrogen and oxygen atoms in total. The maximum Gasteiger partial charge on any atom is 0.490 e.